The largest absolute Gasteiger partial charge is 0.457 e. The smallest absolute Gasteiger partial charge is 0.338 e. The molecule has 0 saturated carbocycles. The van der Waals surface area contributed by atoms with Crippen LogP contribution in [-0.4, -0.2) is 20.2 Å². The molecule has 0 aromatic heterocycles. The molecule has 6 heteroatoms. The van der Waals surface area contributed by atoms with Crippen molar-refractivity contribution in [2.24, 2.45) is 0 Å². The van der Waals surface area contributed by atoms with Crippen LogP contribution in [0.15, 0.2) is 94.7 Å². The number of carbonyl (C=O) groups is 2. The highest BCUT2D eigenvalue weighted by atomic mass is 32.2. The summed E-state index contributed by atoms with van der Waals surface area (Å²) >= 11 is 0. The molecule has 1 heterocycles. The summed E-state index contributed by atoms with van der Waals surface area (Å²) in [4.78, 5) is 25.2. The van der Waals surface area contributed by atoms with E-state index in [1.807, 2.05) is 42.5 Å². The highest BCUT2D eigenvalue weighted by molar-refractivity contribution is 7.91. The fraction of sp³-hybridized carbons (Fsp3) is 0.0400. The molecule has 0 aliphatic carbocycles. The average Bonchev–Trinajstić information content (AvgIpc) is 2.81. The number of benzene rings is 4. The zero-order chi connectivity index (χ0) is 21.6. The molecule has 5 nitrogen and oxygen atoms in total. The summed E-state index contributed by atoms with van der Waals surface area (Å²) in [6.45, 7) is 0.0474. The zero-order valence-electron chi connectivity index (χ0n) is 16.2. The van der Waals surface area contributed by atoms with Gasteiger partial charge in [0.25, 0.3) is 0 Å². The predicted octanol–water partition coefficient (Wildman–Crippen LogP) is 4.57. The number of sulfone groups is 1. The van der Waals surface area contributed by atoms with Crippen molar-refractivity contribution in [2.75, 3.05) is 0 Å². The molecule has 0 amide bonds. The van der Waals surface area contributed by atoms with Crippen LogP contribution in [0, 0.1) is 0 Å². The Hall–Kier alpha value is -3.77. The fourth-order valence-corrected chi connectivity index (χ4v) is 5.53. The van der Waals surface area contributed by atoms with Gasteiger partial charge in [-0.3, -0.25) is 4.79 Å². The van der Waals surface area contributed by atoms with Crippen LogP contribution >= 0.6 is 0 Å². The first-order chi connectivity index (χ1) is 15.0. The Bertz CT molecular complexity index is 1480. The first kappa shape index (κ1) is 19.2. The molecule has 4 aromatic rings. The number of hydrogen-bond acceptors (Lipinski definition) is 5. The number of carbonyl (C=O) groups excluding carboxylic acids is 2. The molecule has 31 heavy (non-hydrogen) atoms. The Morgan fingerprint density at radius 2 is 1.48 bits per heavy atom. The molecule has 0 spiro atoms. The Kier molecular flexibility index (Phi) is 4.45. The first-order valence-electron chi connectivity index (χ1n) is 9.63. The highest BCUT2D eigenvalue weighted by Gasteiger charge is 2.35. The summed E-state index contributed by atoms with van der Waals surface area (Å²) in [6.07, 6.45) is 0. The predicted molar refractivity (Wildman–Crippen MR) is 115 cm³/mol. The lowest BCUT2D eigenvalue weighted by Gasteiger charge is -2.19. The molecule has 1 aliphatic rings. The van der Waals surface area contributed by atoms with Crippen molar-refractivity contribution in [3.8, 4) is 0 Å². The van der Waals surface area contributed by atoms with E-state index < -0.39 is 15.8 Å². The molecule has 0 N–H and O–H groups in total. The molecule has 152 valence electrons. The van der Waals surface area contributed by atoms with Crippen LogP contribution in [0.1, 0.15) is 31.8 Å². The maximum absolute atomic E-state index is 13.0. The van der Waals surface area contributed by atoms with E-state index in [-0.39, 0.29) is 38.9 Å². The van der Waals surface area contributed by atoms with Crippen molar-refractivity contribution in [3.63, 3.8) is 0 Å². The lowest BCUT2D eigenvalue weighted by molar-refractivity contribution is 0.0474. The van der Waals surface area contributed by atoms with Crippen LogP contribution in [0.2, 0.25) is 0 Å². The van der Waals surface area contributed by atoms with Gasteiger partial charge in [-0.15, -0.1) is 0 Å². The number of ether oxygens (including phenoxy) is 1. The minimum Gasteiger partial charge on any atom is -0.457 e. The van der Waals surface area contributed by atoms with Crippen LogP contribution in [0.5, 0.6) is 0 Å². The van der Waals surface area contributed by atoms with Crippen LogP contribution in [0.4, 0.5) is 0 Å². The minimum absolute atomic E-state index is 0.0474. The molecule has 5 rings (SSSR count). The lowest BCUT2D eigenvalue weighted by atomic mass is 10.0. The Balaban J connectivity index is 1.46. The van der Waals surface area contributed by atoms with E-state index in [0.717, 1.165) is 16.3 Å². The highest BCUT2D eigenvalue weighted by Crippen LogP contribution is 2.35. The van der Waals surface area contributed by atoms with Crippen molar-refractivity contribution in [1.29, 1.82) is 0 Å². The van der Waals surface area contributed by atoms with Gasteiger partial charge in [0.15, 0.2) is 5.78 Å². The van der Waals surface area contributed by atoms with Gasteiger partial charge in [-0.05, 0) is 46.7 Å². The van der Waals surface area contributed by atoms with E-state index in [1.165, 1.54) is 30.3 Å². The second-order valence-corrected chi connectivity index (χ2v) is 9.14. The molecule has 0 saturated heterocycles. The number of rotatable bonds is 3. The Morgan fingerprint density at radius 3 is 2.35 bits per heavy atom. The third-order valence-corrected chi connectivity index (χ3v) is 7.26. The molecule has 0 unspecified atom stereocenters. The van der Waals surface area contributed by atoms with Crippen molar-refractivity contribution in [1.82, 2.24) is 0 Å². The number of esters is 1. The van der Waals surface area contributed by atoms with Gasteiger partial charge in [0, 0.05) is 11.1 Å². The number of ketones is 1. The van der Waals surface area contributed by atoms with Gasteiger partial charge < -0.3 is 4.74 Å². The fourth-order valence-electron chi connectivity index (χ4n) is 3.86. The van der Waals surface area contributed by atoms with Gasteiger partial charge in [0.2, 0.25) is 9.84 Å². The number of hydrogen-bond donors (Lipinski definition) is 0. The van der Waals surface area contributed by atoms with Crippen LogP contribution < -0.4 is 0 Å². The van der Waals surface area contributed by atoms with Crippen LogP contribution in [-0.2, 0) is 21.2 Å². The van der Waals surface area contributed by atoms with Gasteiger partial charge in [0.1, 0.15) is 6.61 Å². The van der Waals surface area contributed by atoms with E-state index >= 15 is 0 Å². The molecule has 0 fully saturated rings. The monoisotopic (exact) mass is 428 g/mol. The summed E-state index contributed by atoms with van der Waals surface area (Å²) in [5.74, 6) is -1.03. The van der Waals surface area contributed by atoms with Crippen molar-refractivity contribution >= 4 is 32.4 Å². The quantitative estimate of drug-likeness (QED) is 0.393. The zero-order valence-corrected chi connectivity index (χ0v) is 17.1. The van der Waals surface area contributed by atoms with E-state index in [9.17, 15) is 18.0 Å². The van der Waals surface area contributed by atoms with Crippen molar-refractivity contribution in [2.45, 2.75) is 16.4 Å². The molecular weight excluding hydrogens is 412 g/mol. The third-order valence-electron chi connectivity index (χ3n) is 5.41. The van der Waals surface area contributed by atoms with E-state index in [1.54, 1.807) is 12.1 Å². The minimum atomic E-state index is -3.91. The van der Waals surface area contributed by atoms with E-state index in [2.05, 4.69) is 0 Å². The van der Waals surface area contributed by atoms with E-state index in [0.29, 0.717) is 0 Å². The van der Waals surface area contributed by atoms with Gasteiger partial charge in [-0.25, -0.2) is 13.2 Å². The molecule has 0 atom stereocenters. The Labute approximate surface area is 178 Å². The van der Waals surface area contributed by atoms with Crippen LogP contribution in [0.25, 0.3) is 10.8 Å². The maximum atomic E-state index is 13.0. The summed E-state index contributed by atoms with van der Waals surface area (Å²) in [5, 5.41) is 2.01. The van der Waals surface area contributed by atoms with Gasteiger partial charge >= 0.3 is 5.97 Å². The summed E-state index contributed by atoms with van der Waals surface area (Å²) in [7, 11) is -3.91. The topological polar surface area (TPSA) is 77.5 Å². The second-order valence-electron chi connectivity index (χ2n) is 7.25. The second kappa shape index (κ2) is 7.18. The Morgan fingerprint density at radius 1 is 0.774 bits per heavy atom. The molecule has 0 bridgehead atoms. The molecule has 0 radical (unpaired) electrons. The number of fused-ring (bicyclic) bond motifs is 3. The SMILES string of the molecule is O=C(OCc1cccc2ccccc12)c1ccc2c(c1)S(=O)(=O)c1ccccc1C2=O. The average molecular weight is 428 g/mol. The maximum Gasteiger partial charge on any atom is 0.338 e. The van der Waals surface area contributed by atoms with E-state index in [4.69, 9.17) is 4.74 Å². The third kappa shape index (κ3) is 3.12. The van der Waals surface area contributed by atoms with Crippen molar-refractivity contribution < 1.29 is 22.7 Å². The summed E-state index contributed by atoms with van der Waals surface area (Å²) in [6, 6.07) is 23.6. The van der Waals surface area contributed by atoms with Gasteiger partial charge in [-0.1, -0.05) is 54.6 Å². The lowest BCUT2D eigenvalue weighted by Crippen LogP contribution is -2.21. The first-order valence-corrected chi connectivity index (χ1v) is 11.1. The molecule has 4 aromatic carbocycles. The summed E-state index contributed by atoms with van der Waals surface area (Å²) in [5.41, 5.74) is 1.13. The summed E-state index contributed by atoms with van der Waals surface area (Å²) < 4.78 is 31.5. The standard InChI is InChI=1S/C25H16O5S/c26-24-20-10-3-4-11-22(20)31(28,29)23-14-17(12-13-21(23)24)25(27)30-15-18-8-5-7-16-6-1-2-9-19(16)18/h1-14H,15H2. The molecular formula is C25H16O5S. The van der Waals surface area contributed by atoms with Gasteiger partial charge in [0.05, 0.1) is 15.4 Å². The normalized spacial score (nSPS) is 14.0. The molecule has 1 aliphatic heterocycles. The van der Waals surface area contributed by atoms with Gasteiger partial charge in [-0.2, -0.15) is 0 Å². The van der Waals surface area contributed by atoms with Crippen molar-refractivity contribution in [3.05, 3.63) is 107 Å². The van der Waals surface area contributed by atoms with Crippen LogP contribution in [0.3, 0.4) is 0 Å².